The lowest BCUT2D eigenvalue weighted by molar-refractivity contribution is 0.0944. The molecule has 0 unspecified atom stereocenters. The van der Waals surface area contributed by atoms with Crippen LogP contribution in [0.3, 0.4) is 0 Å². The largest absolute Gasteiger partial charge is 0.496 e. The third-order valence-electron chi connectivity index (χ3n) is 2.88. The van der Waals surface area contributed by atoms with Crippen LogP contribution in [0.5, 0.6) is 11.5 Å². The number of Topliss-reactive ketones (excluding diaryl/α,β-unsaturated/α-hetero) is 1. The highest BCUT2D eigenvalue weighted by Gasteiger charge is 2.32. The number of fused-ring (bicyclic) bond motifs is 1. The zero-order valence-electron chi connectivity index (χ0n) is 9.16. The van der Waals surface area contributed by atoms with Gasteiger partial charge in [0.2, 0.25) is 0 Å². The van der Waals surface area contributed by atoms with Crippen LogP contribution in [0.25, 0.3) is 0 Å². The predicted octanol–water partition coefficient (Wildman–Crippen LogP) is 2.08. The lowest BCUT2D eigenvalue weighted by atomic mass is 10.1. The van der Waals surface area contributed by atoms with Crippen LogP contribution >= 0.6 is 0 Å². The predicted molar refractivity (Wildman–Crippen MR) is 56.7 cm³/mol. The van der Waals surface area contributed by atoms with Crippen molar-refractivity contribution in [1.82, 2.24) is 0 Å². The van der Waals surface area contributed by atoms with Crippen LogP contribution in [0.4, 0.5) is 0 Å². The summed E-state index contributed by atoms with van der Waals surface area (Å²) in [6, 6.07) is 3.64. The second kappa shape index (κ2) is 3.57. The van der Waals surface area contributed by atoms with E-state index in [0.717, 1.165) is 17.7 Å². The van der Waals surface area contributed by atoms with Crippen molar-refractivity contribution in [3.05, 3.63) is 23.3 Å². The molecule has 80 valence electrons. The fourth-order valence-electron chi connectivity index (χ4n) is 2.09. The lowest BCUT2D eigenvalue weighted by Gasteiger charge is -2.09. The van der Waals surface area contributed by atoms with E-state index in [9.17, 15) is 4.79 Å². The van der Waals surface area contributed by atoms with Crippen LogP contribution < -0.4 is 9.47 Å². The number of ether oxygens (including phenoxy) is 2. The van der Waals surface area contributed by atoms with Gasteiger partial charge in [0.1, 0.15) is 11.5 Å². The van der Waals surface area contributed by atoms with Gasteiger partial charge in [0, 0.05) is 11.5 Å². The Bertz CT molecular complexity index is 410. The molecular weight excluding hydrogens is 192 g/mol. The van der Waals surface area contributed by atoms with E-state index in [1.807, 2.05) is 13.0 Å². The standard InChI is InChI=1S/C12H14O3/c1-7-6-8-9(14-2)4-5-10(15-3)11(8)12(7)13/h4-5,7H,6H2,1-3H3/t7-/m0/s1. The van der Waals surface area contributed by atoms with Crippen LogP contribution in [0, 0.1) is 5.92 Å². The molecule has 0 saturated carbocycles. The Morgan fingerprint density at radius 3 is 2.40 bits per heavy atom. The van der Waals surface area contributed by atoms with Gasteiger partial charge in [0.05, 0.1) is 19.8 Å². The molecule has 15 heavy (non-hydrogen) atoms. The van der Waals surface area contributed by atoms with Gasteiger partial charge >= 0.3 is 0 Å². The maximum Gasteiger partial charge on any atom is 0.170 e. The molecule has 0 heterocycles. The van der Waals surface area contributed by atoms with E-state index in [4.69, 9.17) is 9.47 Å². The monoisotopic (exact) mass is 206 g/mol. The molecule has 1 aliphatic carbocycles. The number of ketones is 1. The Balaban J connectivity index is 2.62. The summed E-state index contributed by atoms with van der Waals surface area (Å²) in [4.78, 5) is 11.9. The third-order valence-corrected chi connectivity index (χ3v) is 2.88. The summed E-state index contributed by atoms with van der Waals surface area (Å²) < 4.78 is 10.4. The summed E-state index contributed by atoms with van der Waals surface area (Å²) in [6.45, 7) is 1.93. The molecule has 3 heteroatoms. The van der Waals surface area contributed by atoms with Crippen LogP contribution in [-0.4, -0.2) is 20.0 Å². The van der Waals surface area contributed by atoms with E-state index in [-0.39, 0.29) is 11.7 Å². The van der Waals surface area contributed by atoms with Gasteiger partial charge in [-0.2, -0.15) is 0 Å². The molecule has 0 N–H and O–H groups in total. The van der Waals surface area contributed by atoms with Gasteiger partial charge in [-0.1, -0.05) is 6.92 Å². The van der Waals surface area contributed by atoms with Crippen molar-refractivity contribution in [1.29, 1.82) is 0 Å². The summed E-state index contributed by atoms with van der Waals surface area (Å²) >= 11 is 0. The highest BCUT2D eigenvalue weighted by molar-refractivity contribution is 6.05. The van der Waals surface area contributed by atoms with E-state index in [1.54, 1.807) is 20.3 Å². The van der Waals surface area contributed by atoms with Crippen molar-refractivity contribution in [2.24, 2.45) is 5.92 Å². The molecular formula is C12H14O3. The Hall–Kier alpha value is -1.51. The van der Waals surface area contributed by atoms with Crippen LogP contribution in [0.1, 0.15) is 22.8 Å². The van der Waals surface area contributed by atoms with Crippen LogP contribution in [0.15, 0.2) is 12.1 Å². The first-order chi connectivity index (χ1) is 7.19. The molecule has 1 aromatic carbocycles. The number of hydrogen-bond donors (Lipinski definition) is 0. The van der Waals surface area contributed by atoms with Gasteiger partial charge in [-0.3, -0.25) is 4.79 Å². The molecule has 0 amide bonds. The Morgan fingerprint density at radius 1 is 1.20 bits per heavy atom. The second-order valence-electron chi connectivity index (χ2n) is 3.79. The summed E-state index contributed by atoms with van der Waals surface area (Å²) in [5.41, 5.74) is 1.68. The SMILES string of the molecule is COc1ccc(OC)c2c1C[C@H](C)C2=O. The number of benzene rings is 1. The maximum absolute atomic E-state index is 11.9. The van der Waals surface area contributed by atoms with Gasteiger partial charge in [0.15, 0.2) is 5.78 Å². The molecule has 1 atom stereocenters. The van der Waals surface area contributed by atoms with Crippen molar-refractivity contribution in [2.45, 2.75) is 13.3 Å². The summed E-state index contributed by atoms with van der Waals surface area (Å²) in [6.07, 6.45) is 0.745. The van der Waals surface area contributed by atoms with E-state index >= 15 is 0 Å². The third kappa shape index (κ3) is 1.39. The minimum Gasteiger partial charge on any atom is -0.496 e. The molecule has 0 radical (unpaired) electrons. The van der Waals surface area contributed by atoms with E-state index in [0.29, 0.717) is 11.3 Å². The molecule has 0 fully saturated rings. The highest BCUT2D eigenvalue weighted by Crippen LogP contribution is 2.39. The first-order valence-corrected chi connectivity index (χ1v) is 4.97. The molecule has 0 bridgehead atoms. The van der Waals surface area contributed by atoms with Crippen LogP contribution in [0.2, 0.25) is 0 Å². The number of carbonyl (C=O) groups is 1. The number of carbonyl (C=O) groups excluding carboxylic acids is 1. The Kier molecular flexibility index (Phi) is 2.39. The van der Waals surface area contributed by atoms with Gasteiger partial charge in [-0.05, 0) is 18.6 Å². The Labute approximate surface area is 89.0 Å². The molecule has 0 aliphatic heterocycles. The van der Waals surface area contributed by atoms with Gasteiger partial charge in [0.25, 0.3) is 0 Å². The van der Waals surface area contributed by atoms with Gasteiger partial charge in [-0.25, -0.2) is 0 Å². The molecule has 3 nitrogen and oxygen atoms in total. The molecule has 0 spiro atoms. The topological polar surface area (TPSA) is 35.5 Å². The smallest absolute Gasteiger partial charge is 0.170 e. The van der Waals surface area contributed by atoms with Crippen molar-refractivity contribution in [3.63, 3.8) is 0 Å². The second-order valence-corrected chi connectivity index (χ2v) is 3.79. The van der Waals surface area contributed by atoms with Crippen LogP contribution in [-0.2, 0) is 6.42 Å². The highest BCUT2D eigenvalue weighted by atomic mass is 16.5. The van der Waals surface area contributed by atoms with E-state index in [2.05, 4.69) is 0 Å². The minimum absolute atomic E-state index is 0.0326. The number of hydrogen-bond acceptors (Lipinski definition) is 3. The molecule has 1 aromatic rings. The van der Waals surface area contributed by atoms with Crippen molar-refractivity contribution in [2.75, 3.05) is 14.2 Å². The normalized spacial score (nSPS) is 18.9. The quantitative estimate of drug-likeness (QED) is 0.743. The van der Waals surface area contributed by atoms with Crippen molar-refractivity contribution < 1.29 is 14.3 Å². The van der Waals surface area contributed by atoms with E-state index in [1.165, 1.54) is 0 Å². The zero-order valence-corrected chi connectivity index (χ0v) is 9.16. The van der Waals surface area contributed by atoms with Crippen molar-refractivity contribution >= 4 is 5.78 Å². The zero-order chi connectivity index (χ0) is 11.0. The van der Waals surface area contributed by atoms with E-state index < -0.39 is 0 Å². The van der Waals surface area contributed by atoms with Gasteiger partial charge < -0.3 is 9.47 Å². The first kappa shape index (κ1) is 10.0. The number of methoxy groups -OCH3 is 2. The lowest BCUT2D eigenvalue weighted by Crippen LogP contribution is -2.04. The maximum atomic E-state index is 11.9. The Morgan fingerprint density at radius 2 is 1.80 bits per heavy atom. The molecule has 0 saturated heterocycles. The summed E-state index contributed by atoms with van der Waals surface area (Å²) in [7, 11) is 3.20. The van der Waals surface area contributed by atoms with Gasteiger partial charge in [-0.15, -0.1) is 0 Å². The fourth-order valence-corrected chi connectivity index (χ4v) is 2.09. The molecule has 2 rings (SSSR count). The average molecular weight is 206 g/mol. The fraction of sp³-hybridized carbons (Fsp3) is 0.417. The summed E-state index contributed by atoms with van der Waals surface area (Å²) in [5, 5.41) is 0. The average Bonchev–Trinajstić information content (AvgIpc) is 2.55. The summed E-state index contributed by atoms with van der Waals surface area (Å²) in [5.74, 6) is 1.62. The minimum atomic E-state index is 0.0326. The first-order valence-electron chi connectivity index (χ1n) is 4.97. The van der Waals surface area contributed by atoms with Crippen molar-refractivity contribution in [3.8, 4) is 11.5 Å². The molecule has 0 aromatic heterocycles. The molecule has 1 aliphatic rings. The number of rotatable bonds is 2.